The van der Waals surface area contributed by atoms with Gasteiger partial charge in [-0.15, -0.1) is 5.73 Å². The number of amidine groups is 1. The SMILES string of the molecule is CC(=O)NC1=NC(=O)C(C)=C=C1. The Kier molecular flexibility index (Phi) is 2.21. The fraction of sp³-hybridized carbons (Fsp3) is 0.250. The van der Waals surface area contributed by atoms with Gasteiger partial charge in [0.2, 0.25) is 5.91 Å². The monoisotopic (exact) mass is 164 g/mol. The van der Waals surface area contributed by atoms with E-state index in [1.54, 1.807) is 6.92 Å². The number of carbonyl (C=O) groups excluding carboxylic acids is 2. The Hall–Kier alpha value is -1.67. The minimum Gasteiger partial charge on any atom is -0.310 e. The first kappa shape index (κ1) is 8.43. The van der Waals surface area contributed by atoms with Crippen LogP contribution in [0.5, 0.6) is 0 Å². The van der Waals surface area contributed by atoms with Crippen LogP contribution in [0.25, 0.3) is 0 Å². The maximum absolute atomic E-state index is 10.9. The first-order valence-corrected chi connectivity index (χ1v) is 3.43. The molecular weight excluding hydrogens is 156 g/mol. The lowest BCUT2D eigenvalue weighted by Gasteiger charge is -2.02. The molecule has 12 heavy (non-hydrogen) atoms. The molecule has 0 radical (unpaired) electrons. The molecule has 0 aromatic carbocycles. The third-order valence-corrected chi connectivity index (χ3v) is 1.27. The zero-order chi connectivity index (χ0) is 9.14. The van der Waals surface area contributed by atoms with E-state index in [-0.39, 0.29) is 17.6 Å². The van der Waals surface area contributed by atoms with E-state index in [0.29, 0.717) is 5.57 Å². The zero-order valence-corrected chi connectivity index (χ0v) is 6.84. The molecule has 4 nitrogen and oxygen atoms in total. The smallest absolute Gasteiger partial charge is 0.282 e. The quantitative estimate of drug-likeness (QED) is 0.518. The van der Waals surface area contributed by atoms with E-state index in [1.165, 1.54) is 13.0 Å². The molecule has 0 atom stereocenters. The van der Waals surface area contributed by atoms with Gasteiger partial charge in [0.05, 0.1) is 5.57 Å². The number of nitrogens with one attached hydrogen (secondary N) is 1. The molecule has 1 aliphatic rings. The molecule has 62 valence electrons. The Morgan fingerprint density at radius 2 is 2.33 bits per heavy atom. The highest BCUT2D eigenvalue weighted by Crippen LogP contribution is 1.98. The third kappa shape index (κ3) is 1.90. The Morgan fingerprint density at radius 1 is 1.67 bits per heavy atom. The highest BCUT2D eigenvalue weighted by atomic mass is 16.2. The molecule has 0 spiro atoms. The normalized spacial score (nSPS) is 15.3. The Labute approximate surface area is 69.7 Å². The van der Waals surface area contributed by atoms with Gasteiger partial charge in [-0.2, -0.15) is 4.99 Å². The van der Waals surface area contributed by atoms with Crippen molar-refractivity contribution in [2.75, 3.05) is 0 Å². The molecule has 0 saturated carbocycles. The molecule has 0 aromatic rings. The number of nitrogens with zero attached hydrogens (tertiary/aromatic N) is 1. The van der Waals surface area contributed by atoms with Crippen molar-refractivity contribution in [2.45, 2.75) is 13.8 Å². The number of hydrogen-bond donors (Lipinski definition) is 1. The molecule has 0 fully saturated rings. The minimum atomic E-state index is -0.360. The second-order valence-electron chi connectivity index (χ2n) is 2.40. The molecule has 0 aliphatic carbocycles. The lowest BCUT2D eigenvalue weighted by molar-refractivity contribution is -0.117. The Morgan fingerprint density at radius 3 is 2.83 bits per heavy atom. The van der Waals surface area contributed by atoms with Gasteiger partial charge in [-0.25, -0.2) is 0 Å². The third-order valence-electron chi connectivity index (χ3n) is 1.27. The number of carbonyl (C=O) groups is 2. The van der Waals surface area contributed by atoms with Crippen molar-refractivity contribution in [2.24, 2.45) is 4.99 Å². The second kappa shape index (κ2) is 3.15. The fourth-order valence-electron chi connectivity index (χ4n) is 0.708. The average molecular weight is 164 g/mol. The second-order valence-corrected chi connectivity index (χ2v) is 2.40. The summed E-state index contributed by atoms with van der Waals surface area (Å²) in [5, 5.41) is 2.39. The van der Waals surface area contributed by atoms with E-state index >= 15 is 0 Å². The summed E-state index contributed by atoms with van der Waals surface area (Å²) >= 11 is 0. The summed E-state index contributed by atoms with van der Waals surface area (Å²) in [7, 11) is 0. The molecule has 0 unspecified atom stereocenters. The summed E-state index contributed by atoms with van der Waals surface area (Å²) in [6.45, 7) is 2.97. The fourth-order valence-corrected chi connectivity index (χ4v) is 0.708. The predicted molar refractivity (Wildman–Crippen MR) is 43.5 cm³/mol. The van der Waals surface area contributed by atoms with Crippen LogP contribution in [-0.2, 0) is 9.59 Å². The van der Waals surface area contributed by atoms with Gasteiger partial charge in [0, 0.05) is 13.0 Å². The number of rotatable bonds is 0. The van der Waals surface area contributed by atoms with E-state index < -0.39 is 0 Å². The van der Waals surface area contributed by atoms with Crippen molar-refractivity contribution < 1.29 is 9.59 Å². The van der Waals surface area contributed by atoms with E-state index in [1.807, 2.05) is 0 Å². The summed E-state index contributed by atoms with van der Waals surface area (Å²) in [6, 6.07) is 0. The standard InChI is InChI=1S/C8H8N2O2/c1-5-3-4-7(9-6(2)11)10-8(5)12/h4H,1-2H3,(H,9,10,11,12). The van der Waals surface area contributed by atoms with Gasteiger partial charge in [-0.1, -0.05) is 0 Å². The Bertz CT molecular complexity index is 333. The highest BCUT2D eigenvalue weighted by molar-refractivity contribution is 6.13. The molecule has 2 amide bonds. The molecule has 4 heteroatoms. The molecule has 0 bridgehead atoms. The van der Waals surface area contributed by atoms with Crippen LogP contribution in [0.15, 0.2) is 22.4 Å². The first-order chi connectivity index (χ1) is 5.59. The van der Waals surface area contributed by atoms with Gasteiger partial charge >= 0.3 is 0 Å². The molecular formula is C8H8N2O2. The molecule has 1 heterocycles. The van der Waals surface area contributed by atoms with Gasteiger partial charge in [0.1, 0.15) is 5.84 Å². The molecule has 0 aromatic heterocycles. The number of aliphatic imine (C=N–C) groups is 1. The zero-order valence-electron chi connectivity index (χ0n) is 6.84. The van der Waals surface area contributed by atoms with Crippen molar-refractivity contribution >= 4 is 17.6 Å². The molecule has 1 aliphatic heterocycles. The van der Waals surface area contributed by atoms with Crippen LogP contribution in [0.3, 0.4) is 0 Å². The van der Waals surface area contributed by atoms with Crippen LogP contribution in [0.2, 0.25) is 0 Å². The van der Waals surface area contributed by atoms with Crippen molar-refractivity contribution in [3.05, 3.63) is 17.4 Å². The number of hydrogen-bond acceptors (Lipinski definition) is 2. The lowest BCUT2D eigenvalue weighted by atomic mass is 10.2. The van der Waals surface area contributed by atoms with Crippen LogP contribution in [0.1, 0.15) is 13.8 Å². The first-order valence-electron chi connectivity index (χ1n) is 3.43. The summed E-state index contributed by atoms with van der Waals surface area (Å²) < 4.78 is 0. The number of amides is 2. The Balaban J connectivity index is 2.85. The van der Waals surface area contributed by atoms with E-state index in [2.05, 4.69) is 16.0 Å². The molecule has 0 saturated heterocycles. The summed E-state index contributed by atoms with van der Waals surface area (Å²) in [5.41, 5.74) is 3.13. The van der Waals surface area contributed by atoms with E-state index in [4.69, 9.17) is 0 Å². The summed E-state index contributed by atoms with van der Waals surface area (Å²) in [6.07, 6.45) is 1.47. The van der Waals surface area contributed by atoms with Gasteiger partial charge in [-0.05, 0) is 6.92 Å². The molecule has 1 N–H and O–H groups in total. The van der Waals surface area contributed by atoms with E-state index in [9.17, 15) is 9.59 Å². The van der Waals surface area contributed by atoms with Crippen LogP contribution in [-0.4, -0.2) is 17.6 Å². The summed E-state index contributed by atoms with van der Waals surface area (Å²) in [5.74, 6) is -0.362. The van der Waals surface area contributed by atoms with Gasteiger partial charge in [0.25, 0.3) is 5.91 Å². The van der Waals surface area contributed by atoms with Crippen LogP contribution < -0.4 is 5.32 Å². The maximum Gasteiger partial charge on any atom is 0.282 e. The lowest BCUT2D eigenvalue weighted by Crippen LogP contribution is -2.28. The van der Waals surface area contributed by atoms with Crippen LogP contribution in [0.4, 0.5) is 0 Å². The average Bonchev–Trinajstić information content (AvgIpc) is 1.96. The molecule has 1 rings (SSSR count). The largest absolute Gasteiger partial charge is 0.310 e. The van der Waals surface area contributed by atoms with Gasteiger partial charge in [0.15, 0.2) is 0 Å². The summed E-state index contributed by atoms with van der Waals surface area (Å²) in [4.78, 5) is 25.1. The highest BCUT2D eigenvalue weighted by Gasteiger charge is 2.08. The van der Waals surface area contributed by atoms with Crippen molar-refractivity contribution in [3.63, 3.8) is 0 Å². The van der Waals surface area contributed by atoms with Crippen molar-refractivity contribution in [1.29, 1.82) is 0 Å². The maximum atomic E-state index is 10.9. The van der Waals surface area contributed by atoms with Crippen molar-refractivity contribution in [1.82, 2.24) is 5.32 Å². The van der Waals surface area contributed by atoms with E-state index in [0.717, 1.165) is 0 Å². The topological polar surface area (TPSA) is 58.5 Å². The van der Waals surface area contributed by atoms with Gasteiger partial charge < -0.3 is 5.32 Å². The van der Waals surface area contributed by atoms with Crippen LogP contribution in [0, 0.1) is 0 Å². The van der Waals surface area contributed by atoms with Crippen molar-refractivity contribution in [3.8, 4) is 0 Å². The minimum absolute atomic E-state index is 0.248. The predicted octanol–water partition coefficient (Wildman–Crippen LogP) is 0.163. The van der Waals surface area contributed by atoms with Crippen LogP contribution >= 0.6 is 0 Å². The van der Waals surface area contributed by atoms with Gasteiger partial charge in [-0.3, -0.25) is 9.59 Å².